The molecular formula is C15H22BrN. The zero-order chi connectivity index (χ0) is 11.6. The van der Waals surface area contributed by atoms with Crippen LogP contribution < -0.4 is 22.3 Å². The van der Waals surface area contributed by atoms with Crippen molar-refractivity contribution < 1.29 is 22.3 Å². The molecule has 0 aliphatic heterocycles. The maximum Gasteiger partial charge on any atom is 0.101 e. The summed E-state index contributed by atoms with van der Waals surface area (Å²) in [7, 11) is 0. The van der Waals surface area contributed by atoms with Crippen molar-refractivity contribution in [2.24, 2.45) is 5.92 Å². The first kappa shape index (κ1) is 16.1. The summed E-state index contributed by atoms with van der Waals surface area (Å²) >= 11 is 0. The average Bonchev–Trinajstić information content (AvgIpc) is 2.31. The predicted molar refractivity (Wildman–Crippen MR) is 70.1 cm³/mol. The van der Waals surface area contributed by atoms with E-state index >= 15 is 0 Å². The molecule has 2 heteroatoms. The number of allylic oxidation sites excluding steroid dienone is 2. The SMILES string of the molecule is C=CCC(CC=C)C[NH2+]Cc1ccccc1.[Br-]. The molecule has 0 unspecified atom stereocenters. The van der Waals surface area contributed by atoms with Crippen LogP contribution in [0.1, 0.15) is 18.4 Å². The summed E-state index contributed by atoms with van der Waals surface area (Å²) in [6, 6.07) is 10.6. The zero-order valence-electron chi connectivity index (χ0n) is 10.3. The van der Waals surface area contributed by atoms with Gasteiger partial charge in [-0.2, -0.15) is 0 Å². The van der Waals surface area contributed by atoms with Crippen LogP contribution >= 0.6 is 0 Å². The van der Waals surface area contributed by atoms with Crippen LogP contribution in [0, 0.1) is 5.92 Å². The third-order valence-corrected chi connectivity index (χ3v) is 2.72. The summed E-state index contributed by atoms with van der Waals surface area (Å²) in [5.74, 6) is 0.679. The van der Waals surface area contributed by atoms with Gasteiger partial charge in [0.1, 0.15) is 6.54 Å². The van der Waals surface area contributed by atoms with E-state index in [-0.39, 0.29) is 17.0 Å². The van der Waals surface area contributed by atoms with Crippen LogP contribution in [0.2, 0.25) is 0 Å². The molecule has 0 atom stereocenters. The lowest BCUT2D eigenvalue weighted by molar-refractivity contribution is -0.676. The van der Waals surface area contributed by atoms with E-state index in [9.17, 15) is 0 Å². The summed E-state index contributed by atoms with van der Waals surface area (Å²) in [6.45, 7) is 9.81. The van der Waals surface area contributed by atoms with Crippen molar-refractivity contribution >= 4 is 0 Å². The molecule has 1 aromatic carbocycles. The van der Waals surface area contributed by atoms with Gasteiger partial charge in [-0.25, -0.2) is 0 Å². The fraction of sp³-hybridized carbons (Fsp3) is 0.333. The van der Waals surface area contributed by atoms with Crippen molar-refractivity contribution in [3.05, 3.63) is 61.2 Å². The minimum Gasteiger partial charge on any atom is -1.00 e. The molecule has 0 aliphatic carbocycles. The van der Waals surface area contributed by atoms with Crippen LogP contribution in [0.25, 0.3) is 0 Å². The first-order valence-corrected chi connectivity index (χ1v) is 5.94. The molecule has 17 heavy (non-hydrogen) atoms. The zero-order valence-corrected chi connectivity index (χ0v) is 11.9. The van der Waals surface area contributed by atoms with Gasteiger partial charge in [-0.05, 0) is 12.8 Å². The molecule has 94 valence electrons. The summed E-state index contributed by atoms with van der Waals surface area (Å²) in [5, 5.41) is 2.37. The molecule has 0 saturated heterocycles. The monoisotopic (exact) mass is 295 g/mol. The second-order valence-corrected chi connectivity index (χ2v) is 4.13. The Morgan fingerprint density at radius 1 is 1.06 bits per heavy atom. The molecule has 0 saturated carbocycles. The number of hydrogen-bond donors (Lipinski definition) is 1. The van der Waals surface area contributed by atoms with E-state index in [0.29, 0.717) is 5.92 Å². The van der Waals surface area contributed by atoms with Gasteiger partial charge in [0.15, 0.2) is 0 Å². The number of halogens is 1. The highest BCUT2D eigenvalue weighted by molar-refractivity contribution is 5.12. The summed E-state index contributed by atoms with van der Waals surface area (Å²) in [5.41, 5.74) is 1.39. The molecule has 0 aliphatic rings. The summed E-state index contributed by atoms with van der Waals surface area (Å²) in [4.78, 5) is 0. The maximum atomic E-state index is 3.80. The van der Waals surface area contributed by atoms with Gasteiger partial charge >= 0.3 is 0 Å². The van der Waals surface area contributed by atoms with Gasteiger partial charge in [-0.1, -0.05) is 42.5 Å². The molecule has 0 aromatic heterocycles. The lowest BCUT2D eigenvalue weighted by Gasteiger charge is -2.11. The Bertz CT molecular complexity index is 298. The van der Waals surface area contributed by atoms with E-state index in [2.05, 4.69) is 48.8 Å². The van der Waals surface area contributed by atoms with Gasteiger partial charge in [0.05, 0.1) is 6.54 Å². The van der Waals surface area contributed by atoms with Crippen molar-refractivity contribution in [2.75, 3.05) is 6.54 Å². The first-order chi connectivity index (χ1) is 7.86. The van der Waals surface area contributed by atoms with E-state index in [1.54, 1.807) is 0 Å². The van der Waals surface area contributed by atoms with Crippen LogP contribution in [0.3, 0.4) is 0 Å². The molecule has 1 aromatic rings. The molecule has 0 radical (unpaired) electrons. The molecule has 0 spiro atoms. The highest BCUT2D eigenvalue weighted by Gasteiger charge is 2.06. The summed E-state index contributed by atoms with van der Waals surface area (Å²) < 4.78 is 0. The molecule has 0 amide bonds. The molecular weight excluding hydrogens is 274 g/mol. The van der Waals surface area contributed by atoms with Gasteiger partial charge < -0.3 is 22.3 Å². The minimum atomic E-state index is 0. The van der Waals surface area contributed by atoms with E-state index in [0.717, 1.165) is 25.9 Å². The first-order valence-electron chi connectivity index (χ1n) is 5.94. The van der Waals surface area contributed by atoms with E-state index in [1.165, 1.54) is 5.56 Å². The summed E-state index contributed by atoms with van der Waals surface area (Å²) in [6.07, 6.45) is 6.17. The molecule has 0 bridgehead atoms. The van der Waals surface area contributed by atoms with Crippen LogP contribution in [0.4, 0.5) is 0 Å². The number of nitrogens with two attached hydrogens (primary N) is 1. The topological polar surface area (TPSA) is 16.6 Å². The highest BCUT2D eigenvalue weighted by atomic mass is 79.9. The van der Waals surface area contributed by atoms with Crippen molar-refractivity contribution in [3.63, 3.8) is 0 Å². The van der Waals surface area contributed by atoms with Gasteiger partial charge in [-0.3, -0.25) is 0 Å². The maximum absolute atomic E-state index is 3.80. The molecule has 0 heterocycles. The van der Waals surface area contributed by atoms with Crippen LogP contribution in [-0.4, -0.2) is 6.54 Å². The van der Waals surface area contributed by atoms with Gasteiger partial charge in [0.2, 0.25) is 0 Å². The lowest BCUT2D eigenvalue weighted by atomic mass is 10.0. The van der Waals surface area contributed by atoms with Gasteiger partial charge in [0, 0.05) is 11.5 Å². The molecule has 0 fully saturated rings. The van der Waals surface area contributed by atoms with Crippen molar-refractivity contribution in [1.29, 1.82) is 0 Å². The van der Waals surface area contributed by atoms with Crippen molar-refractivity contribution in [2.45, 2.75) is 19.4 Å². The van der Waals surface area contributed by atoms with Crippen LogP contribution in [0.15, 0.2) is 55.6 Å². The largest absolute Gasteiger partial charge is 1.00 e. The smallest absolute Gasteiger partial charge is 0.101 e. The minimum absolute atomic E-state index is 0. The lowest BCUT2D eigenvalue weighted by Crippen LogP contribution is -3.00. The van der Waals surface area contributed by atoms with E-state index in [4.69, 9.17) is 0 Å². The van der Waals surface area contributed by atoms with E-state index < -0.39 is 0 Å². The normalized spacial score (nSPS) is 9.71. The average molecular weight is 296 g/mol. The Kier molecular flexibility index (Phi) is 9.78. The number of quaternary nitrogens is 1. The number of rotatable bonds is 8. The molecule has 1 nitrogen and oxygen atoms in total. The second kappa shape index (κ2) is 10.3. The van der Waals surface area contributed by atoms with Gasteiger partial charge in [-0.15, -0.1) is 13.2 Å². The fourth-order valence-electron chi connectivity index (χ4n) is 1.86. The van der Waals surface area contributed by atoms with Crippen molar-refractivity contribution in [3.8, 4) is 0 Å². The quantitative estimate of drug-likeness (QED) is 0.624. The standard InChI is InChI=1S/C15H21N.BrH/c1-3-8-14(9-4-2)12-16-13-15-10-6-5-7-11-15;/h3-7,10-11,14,16H,1-2,8-9,12-13H2;1H. The third-order valence-electron chi connectivity index (χ3n) is 2.72. The van der Waals surface area contributed by atoms with Crippen molar-refractivity contribution in [1.82, 2.24) is 0 Å². The van der Waals surface area contributed by atoms with Gasteiger partial charge in [0.25, 0.3) is 0 Å². The molecule has 2 N–H and O–H groups in total. The Morgan fingerprint density at radius 3 is 2.18 bits per heavy atom. The number of hydrogen-bond acceptors (Lipinski definition) is 0. The molecule has 1 rings (SSSR count). The Morgan fingerprint density at radius 2 is 1.65 bits per heavy atom. The Balaban J connectivity index is 0.00000256. The fourth-order valence-corrected chi connectivity index (χ4v) is 1.86. The Labute approximate surface area is 115 Å². The van der Waals surface area contributed by atoms with Crippen LogP contribution in [-0.2, 0) is 6.54 Å². The predicted octanol–water partition coefficient (Wildman–Crippen LogP) is -0.478. The van der Waals surface area contributed by atoms with E-state index in [1.807, 2.05) is 12.2 Å². The third kappa shape index (κ3) is 7.14. The number of benzene rings is 1. The van der Waals surface area contributed by atoms with Crippen LogP contribution in [0.5, 0.6) is 0 Å². The second-order valence-electron chi connectivity index (χ2n) is 4.13. The highest BCUT2D eigenvalue weighted by Crippen LogP contribution is 2.06. The Hall–Kier alpha value is -0.860.